The van der Waals surface area contributed by atoms with Crippen molar-refractivity contribution in [1.82, 2.24) is 0 Å². The van der Waals surface area contributed by atoms with Crippen LogP contribution in [0.4, 0.5) is 0 Å². The van der Waals surface area contributed by atoms with Gasteiger partial charge in [0.15, 0.2) is 0 Å². The first-order valence-electron chi connectivity index (χ1n) is 4.78. The third-order valence-corrected chi connectivity index (χ3v) is 2.65. The van der Waals surface area contributed by atoms with Gasteiger partial charge in [-0.2, -0.15) is 0 Å². The SMILES string of the molecule is CC1=C2CCCN=C2C=CCC1. The van der Waals surface area contributed by atoms with Crippen molar-refractivity contribution >= 4 is 5.71 Å². The molecular weight excluding hydrogens is 146 g/mol. The zero-order chi connectivity index (χ0) is 8.39. The molecule has 2 aliphatic rings. The van der Waals surface area contributed by atoms with Crippen LogP contribution in [-0.4, -0.2) is 12.3 Å². The maximum absolute atomic E-state index is 4.53. The van der Waals surface area contributed by atoms with Gasteiger partial charge in [0, 0.05) is 6.54 Å². The van der Waals surface area contributed by atoms with Gasteiger partial charge in [-0.25, -0.2) is 0 Å². The maximum Gasteiger partial charge on any atom is 0.0602 e. The van der Waals surface area contributed by atoms with Gasteiger partial charge >= 0.3 is 0 Å². The lowest BCUT2D eigenvalue weighted by Crippen LogP contribution is -2.08. The summed E-state index contributed by atoms with van der Waals surface area (Å²) in [4.78, 5) is 4.53. The Bertz CT molecular complexity index is 269. The van der Waals surface area contributed by atoms with E-state index in [0.29, 0.717) is 0 Å². The van der Waals surface area contributed by atoms with E-state index in [-0.39, 0.29) is 0 Å². The number of rotatable bonds is 0. The minimum atomic E-state index is 1.02. The molecule has 0 unspecified atom stereocenters. The molecule has 2 rings (SSSR count). The average molecular weight is 161 g/mol. The standard InChI is InChI=1S/C11H15N/c1-9-5-2-3-7-11-10(9)6-4-8-12-11/h3,7H,2,4-6,8H2,1H3. The van der Waals surface area contributed by atoms with Gasteiger partial charge in [0.05, 0.1) is 5.71 Å². The third kappa shape index (κ3) is 1.36. The lowest BCUT2D eigenvalue weighted by molar-refractivity contribution is 0.802. The van der Waals surface area contributed by atoms with Crippen LogP contribution in [0, 0.1) is 0 Å². The Morgan fingerprint density at radius 3 is 3.17 bits per heavy atom. The summed E-state index contributed by atoms with van der Waals surface area (Å²) in [5, 5.41) is 0. The molecule has 0 fully saturated rings. The molecule has 0 saturated heterocycles. The molecule has 64 valence electrons. The number of nitrogens with zero attached hydrogens (tertiary/aromatic N) is 1. The molecule has 0 atom stereocenters. The quantitative estimate of drug-likeness (QED) is 0.518. The molecule has 12 heavy (non-hydrogen) atoms. The predicted molar refractivity (Wildman–Crippen MR) is 52.6 cm³/mol. The topological polar surface area (TPSA) is 12.4 Å². The number of aliphatic imine (C=N–C) groups is 1. The van der Waals surface area contributed by atoms with Gasteiger partial charge in [0.2, 0.25) is 0 Å². The van der Waals surface area contributed by atoms with E-state index in [1.54, 1.807) is 5.57 Å². The molecule has 1 nitrogen and oxygen atoms in total. The van der Waals surface area contributed by atoms with E-state index in [1.807, 2.05) is 0 Å². The van der Waals surface area contributed by atoms with E-state index in [4.69, 9.17) is 0 Å². The summed E-state index contributed by atoms with van der Waals surface area (Å²) in [5.74, 6) is 0. The van der Waals surface area contributed by atoms with Gasteiger partial charge in [0.1, 0.15) is 0 Å². The van der Waals surface area contributed by atoms with Crippen LogP contribution in [-0.2, 0) is 0 Å². The zero-order valence-corrected chi connectivity index (χ0v) is 7.64. The molecule has 0 N–H and O–H groups in total. The van der Waals surface area contributed by atoms with Gasteiger partial charge in [-0.05, 0) is 44.3 Å². The number of allylic oxidation sites excluding steroid dienone is 4. The van der Waals surface area contributed by atoms with Crippen LogP contribution in [0.5, 0.6) is 0 Å². The molecule has 0 amide bonds. The normalized spacial score (nSPS) is 23.2. The van der Waals surface area contributed by atoms with E-state index in [9.17, 15) is 0 Å². The molecule has 0 aromatic carbocycles. The monoisotopic (exact) mass is 161 g/mol. The smallest absolute Gasteiger partial charge is 0.0602 e. The fourth-order valence-electron chi connectivity index (χ4n) is 1.91. The second-order valence-electron chi connectivity index (χ2n) is 3.57. The van der Waals surface area contributed by atoms with E-state index < -0.39 is 0 Å². The van der Waals surface area contributed by atoms with E-state index >= 15 is 0 Å². The number of hydrogen-bond donors (Lipinski definition) is 0. The highest BCUT2D eigenvalue weighted by Crippen LogP contribution is 2.24. The summed E-state index contributed by atoms with van der Waals surface area (Å²) in [6.07, 6.45) is 9.35. The van der Waals surface area contributed by atoms with Crippen LogP contribution in [0.1, 0.15) is 32.6 Å². The molecule has 0 spiro atoms. The van der Waals surface area contributed by atoms with Crippen LogP contribution in [0.2, 0.25) is 0 Å². The highest BCUT2D eigenvalue weighted by molar-refractivity contribution is 6.09. The molecule has 1 heteroatoms. The van der Waals surface area contributed by atoms with Crippen molar-refractivity contribution in [2.24, 2.45) is 4.99 Å². The van der Waals surface area contributed by atoms with Crippen molar-refractivity contribution in [3.63, 3.8) is 0 Å². The van der Waals surface area contributed by atoms with Gasteiger partial charge in [-0.3, -0.25) is 4.99 Å². The van der Waals surface area contributed by atoms with Crippen LogP contribution in [0.3, 0.4) is 0 Å². The largest absolute Gasteiger partial charge is 0.285 e. The van der Waals surface area contributed by atoms with E-state index in [2.05, 4.69) is 24.1 Å². The van der Waals surface area contributed by atoms with Crippen LogP contribution >= 0.6 is 0 Å². The summed E-state index contributed by atoms with van der Waals surface area (Å²) < 4.78 is 0. The highest BCUT2D eigenvalue weighted by Gasteiger charge is 2.13. The first-order valence-corrected chi connectivity index (χ1v) is 4.78. The summed E-state index contributed by atoms with van der Waals surface area (Å²) >= 11 is 0. The first kappa shape index (κ1) is 7.78. The van der Waals surface area contributed by atoms with Gasteiger partial charge in [-0.15, -0.1) is 0 Å². The minimum Gasteiger partial charge on any atom is -0.285 e. The molecule has 0 saturated carbocycles. The number of fused-ring (bicyclic) bond motifs is 1. The summed E-state index contributed by atoms with van der Waals surface area (Å²) in [6, 6.07) is 0. The van der Waals surface area contributed by atoms with Gasteiger partial charge < -0.3 is 0 Å². The average Bonchev–Trinajstić information content (AvgIpc) is 2.29. The fraction of sp³-hybridized carbons (Fsp3) is 0.545. The summed E-state index contributed by atoms with van der Waals surface area (Å²) in [7, 11) is 0. The van der Waals surface area contributed by atoms with Crippen molar-refractivity contribution in [3.8, 4) is 0 Å². The Kier molecular flexibility index (Phi) is 2.11. The van der Waals surface area contributed by atoms with Crippen LogP contribution < -0.4 is 0 Å². The molecule has 1 aliphatic carbocycles. The van der Waals surface area contributed by atoms with Gasteiger partial charge in [0.25, 0.3) is 0 Å². The Morgan fingerprint density at radius 1 is 1.33 bits per heavy atom. The third-order valence-electron chi connectivity index (χ3n) is 2.65. The zero-order valence-electron chi connectivity index (χ0n) is 7.64. The van der Waals surface area contributed by atoms with Crippen LogP contribution in [0.15, 0.2) is 28.3 Å². The van der Waals surface area contributed by atoms with Crippen molar-refractivity contribution < 1.29 is 0 Å². The van der Waals surface area contributed by atoms with Crippen molar-refractivity contribution in [2.45, 2.75) is 32.6 Å². The fourth-order valence-corrected chi connectivity index (χ4v) is 1.91. The summed E-state index contributed by atoms with van der Waals surface area (Å²) in [6.45, 7) is 3.28. The Hall–Kier alpha value is -0.850. The lowest BCUT2D eigenvalue weighted by atomic mass is 9.96. The molecule has 0 bridgehead atoms. The van der Waals surface area contributed by atoms with Crippen molar-refractivity contribution in [3.05, 3.63) is 23.3 Å². The van der Waals surface area contributed by atoms with Crippen LogP contribution in [0.25, 0.3) is 0 Å². The van der Waals surface area contributed by atoms with E-state index in [1.165, 1.54) is 37.0 Å². The summed E-state index contributed by atoms with van der Waals surface area (Å²) in [5.41, 5.74) is 4.34. The molecule has 1 heterocycles. The second kappa shape index (κ2) is 3.26. The highest BCUT2D eigenvalue weighted by atomic mass is 14.7. The second-order valence-corrected chi connectivity index (χ2v) is 3.57. The predicted octanol–water partition coefficient (Wildman–Crippen LogP) is 2.89. The first-order chi connectivity index (χ1) is 5.88. The Labute approximate surface area is 73.9 Å². The van der Waals surface area contributed by atoms with Crippen molar-refractivity contribution in [2.75, 3.05) is 6.54 Å². The van der Waals surface area contributed by atoms with Crippen molar-refractivity contribution in [1.29, 1.82) is 0 Å². The van der Waals surface area contributed by atoms with Gasteiger partial charge in [-0.1, -0.05) is 11.6 Å². The number of hydrogen-bond acceptors (Lipinski definition) is 1. The Balaban J connectivity index is 2.40. The van der Waals surface area contributed by atoms with E-state index in [0.717, 1.165) is 6.54 Å². The molecule has 0 aromatic rings. The molecular formula is C11H15N. The molecule has 0 radical (unpaired) electrons. The maximum atomic E-state index is 4.53. The molecule has 1 aliphatic heterocycles. The lowest BCUT2D eigenvalue weighted by Gasteiger charge is -2.14. The minimum absolute atomic E-state index is 1.02. The molecule has 0 aromatic heterocycles. The Morgan fingerprint density at radius 2 is 2.25 bits per heavy atom.